The first-order valence-electron chi connectivity index (χ1n) is 6.74. The molecule has 0 heterocycles. The first-order chi connectivity index (χ1) is 11.5. The molecule has 7 nitrogen and oxygen atoms in total. The molecule has 0 radical (unpaired) electrons. The van der Waals surface area contributed by atoms with Gasteiger partial charge in [-0.3, -0.25) is 4.79 Å². The summed E-state index contributed by atoms with van der Waals surface area (Å²) in [5, 5.41) is 11.6. The largest absolute Gasteiger partial charge is 0.534 e. The molecule has 12 heteroatoms. The highest BCUT2D eigenvalue weighted by Gasteiger charge is 2.49. The Kier molecular flexibility index (Phi) is 7.11. The molecule has 0 fully saturated rings. The molecule has 0 aromatic heterocycles. The summed E-state index contributed by atoms with van der Waals surface area (Å²) in [6.07, 6.45) is 0. The first-order valence-corrected chi connectivity index (χ1v) is 9.30. The van der Waals surface area contributed by atoms with Crippen molar-refractivity contribution in [3.63, 3.8) is 0 Å². The fraction of sp³-hybridized carbons (Fsp3) is 0.385. The van der Waals surface area contributed by atoms with Gasteiger partial charge in [0.25, 0.3) is 5.91 Å². The van der Waals surface area contributed by atoms with Gasteiger partial charge in [-0.15, -0.1) is 0 Å². The first kappa shape index (κ1) is 21.1. The second-order valence-electron chi connectivity index (χ2n) is 4.42. The molecule has 1 aromatic carbocycles. The van der Waals surface area contributed by atoms with E-state index >= 15 is 0 Å². The summed E-state index contributed by atoms with van der Waals surface area (Å²) in [5.74, 6) is -2.43. The maximum absolute atomic E-state index is 12.4. The summed E-state index contributed by atoms with van der Waals surface area (Å²) in [7, 11) is -6.07. The van der Waals surface area contributed by atoms with Gasteiger partial charge in [-0.2, -0.15) is 33.4 Å². The standard InChI is InChI=1S/C13H14F3NO6S2/c1-2-24-7-6-17-11(18)8-4-3-5-9(10(8)12(19)20)23-25(21,22)13(14,15)16/h3-5H,2,6-7H2,1H3,(H,17,18)(H,19,20). The molecule has 1 amide bonds. The Morgan fingerprint density at radius 2 is 1.96 bits per heavy atom. The minimum Gasteiger partial charge on any atom is -0.478 e. The summed E-state index contributed by atoms with van der Waals surface area (Å²) < 4.78 is 63.3. The van der Waals surface area contributed by atoms with E-state index in [1.165, 1.54) is 11.8 Å². The van der Waals surface area contributed by atoms with Crippen molar-refractivity contribution in [2.75, 3.05) is 18.1 Å². The number of thioether (sulfide) groups is 1. The van der Waals surface area contributed by atoms with Crippen LogP contribution in [0.2, 0.25) is 0 Å². The van der Waals surface area contributed by atoms with Gasteiger partial charge < -0.3 is 14.6 Å². The van der Waals surface area contributed by atoms with Crippen LogP contribution in [0.25, 0.3) is 0 Å². The highest BCUT2D eigenvalue weighted by molar-refractivity contribution is 7.99. The number of benzene rings is 1. The number of rotatable bonds is 8. The van der Waals surface area contributed by atoms with Crippen molar-refractivity contribution >= 4 is 33.8 Å². The zero-order valence-corrected chi connectivity index (χ0v) is 14.4. The number of aromatic carboxylic acids is 1. The smallest absolute Gasteiger partial charge is 0.478 e. The van der Waals surface area contributed by atoms with E-state index in [0.717, 1.165) is 24.0 Å². The van der Waals surface area contributed by atoms with E-state index in [1.54, 1.807) is 0 Å². The predicted octanol–water partition coefficient (Wildman–Crippen LogP) is 2.10. The Morgan fingerprint density at radius 1 is 1.32 bits per heavy atom. The summed E-state index contributed by atoms with van der Waals surface area (Å²) in [5.41, 5.74) is -7.22. The van der Waals surface area contributed by atoms with Crippen LogP contribution in [0.3, 0.4) is 0 Å². The topological polar surface area (TPSA) is 110 Å². The Bertz CT molecular complexity index is 749. The maximum Gasteiger partial charge on any atom is 0.534 e. The van der Waals surface area contributed by atoms with E-state index in [2.05, 4.69) is 9.50 Å². The number of nitrogens with one attached hydrogen (secondary N) is 1. The Hall–Kier alpha value is -1.95. The van der Waals surface area contributed by atoms with Crippen LogP contribution in [-0.4, -0.2) is 49.0 Å². The van der Waals surface area contributed by atoms with E-state index in [1.807, 2.05) is 6.92 Å². The van der Waals surface area contributed by atoms with E-state index < -0.39 is 44.4 Å². The zero-order valence-electron chi connectivity index (χ0n) is 12.8. The van der Waals surface area contributed by atoms with Crippen molar-refractivity contribution in [1.29, 1.82) is 0 Å². The van der Waals surface area contributed by atoms with E-state index in [-0.39, 0.29) is 6.54 Å². The van der Waals surface area contributed by atoms with Crippen LogP contribution in [0.4, 0.5) is 13.2 Å². The van der Waals surface area contributed by atoms with Gasteiger partial charge in [0.05, 0.1) is 5.56 Å². The second-order valence-corrected chi connectivity index (χ2v) is 7.35. The van der Waals surface area contributed by atoms with Crippen LogP contribution in [0.1, 0.15) is 27.6 Å². The number of carboxylic acids is 1. The van der Waals surface area contributed by atoms with Crippen molar-refractivity contribution in [2.45, 2.75) is 12.4 Å². The van der Waals surface area contributed by atoms with Crippen molar-refractivity contribution in [1.82, 2.24) is 5.32 Å². The second kappa shape index (κ2) is 8.43. The fourth-order valence-electron chi connectivity index (χ4n) is 1.65. The maximum atomic E-state index is 12.4. The Balaban J connectivity index is 3.18. The quantitative estimate of drug-likeness (QED) is 0.390. The molecule has 2 N–H and O–H groups in total. The van der Waals surface area contributed by atoms with Gasteiger partial charge in [0.2, 0.25) is 0 Å². The molecule has 25 heavy (non-hydrogen) atoms. The van der Waals surface area contributed by atoms with Crippen molar-refractivity contribution in [3.05, 3.63) is 29.3 Å². The molecule has 0 aliphatic rings. The molecule has 0 saturated heterocycles. The zero-order chi connectivity index (χ0) is 19.3. The number of carboxylic acid groups (broad SMARTS) is 1. The summed E-state index contributed by atoms with van der Waals surface area (Å²) in [6.45, 7) is 2.10. The lowest BCUT2D eigenvalue weighted by molar-refractivity contribution is -0.0500. The normalized spacial score (nSPS) is 11.8. The molecule has 1 rings (SSSR count). The van der Waals surface area contributed by atoms with Crippen molar-refractivity contribution in [3.8, 4) is 5.75 Å². The number of hydrogen-bond acceptors (Lipinski definition) is 6. The monoisotopic (exact) mass is 401 g/mol. The van der Waals surface area contributed by atoms with Crippen LogP contribution in [0, 0.1) is 0 Å². The van der Waals surface area contributed by atoms with Crippen LogP contribution < -0.4 is 9.50 Å². The lowest BCUT2D eigenvalue weighted by atomic mass is 10.1. The lowest BCUT2D eigenvalue weighted by Crippen LogP contribution is -2.30. The number of halogens is 3. The van der Waals surface area contributed by atoms with Crippen LogP contribution in [-0.2, 0) is 10.1 Å². The lowest BCUT2D eigenvalue weighted by Gasteiger charge is -2.14. The number of carbonyl (C=O) groups excluding carboxylic acids is 1. The van der Waals surface area contributed by atoms with Crippen LogP contribution in [0.15, 0.2) is 18.2 Å². The highest BCUT2D eigenvalue weighted by Crippen LogP contribution is 2.30. The minimum absolute atomic E-state index is 0.197. The van der Waals surface area contributed by atoms with Crippen LogP contribution >= 0.6 is 11.8 Å². The van der Waals surface area contributed by atoms with Gasteiger partial charge in [0, 0.05) is 12.3 Å². The third kappa shape index (κ3) is 5.53. The van der Waals surface area contributed by atoms with Crippen molar-refractivity contribution < 1.29 is 40.5 Å². The third-order valence-electron chi connectivity index (χ3n) is 2.70. The summed E-state index contributed by atoms with van der Waals surface area (Å²) in [6, 6.07) is 2.78. The molecule has 1 aromatic rings. The number of amides is 1. The van der Waals surface area contributed by atoms with Crippen molar-refractivity contribution in [2.24, 2.45) is 0 Å². The van der Waals surface area contributed by atoms with Gasteiger partial charge in [0.1, 0.15) is 5.56 Å². The molecular formula is C13H14F3NO6S2. The molecule has 140 valence electrons. The molecule has 0 atom stereocenters. The third-order valence-corrected chi connectivity index (χ3v) is 4.57. The molecule has 0 aliphatic carbocycles. The van der Waals surface area contributed by atoms with Gasteiger partial charge in [-0.05, 0) is 17.9 Å². The van der Waals surface area contributed by atoms with Gasteiger partial charge in [-0.25, -0.2) is 4.79 Å². The number of alkyl halides is 3. The van der Waals surface area contributed by atoms with Gasteiger partial charge >= 0.3 is 21.6 Å². The average Bonchev–Trinajstić information content (AvgIpc) is 2.49. The minimum atomic E-state index is -6.07. The fourth-order valence-corrected chi connectivity index (χ4v) is 2.66. The van der Waals surface area contributed by atoms with Crippen LogP contribution in [0.5, 0.6) is 5.75 Å². The number of carbonyl (C=O) groups is 2. The Morgan fingerprint density at radius 3 is 2.48 bits per heavy atom. The van der Waals surface area contributed by atoms with E-state index in [0.29, 0.717) is 5.75 Å². The van der Waals surface area contributed by atoms with E-state index in [9.17, 15) is 31.2 Å². The Labute approximate surface area is 145 Å². The highest BCUT2D eigenvalue weighted by atomic mass is 32.2. The number of hydrogen-bond donors (Lipinski definition) is 2. The van der Waals surface area contributed by atoms with Gasteiger partial charge in [-0.1, -0.05) is 13.0 Å². The molecular weight excluding hydrogens is 387 g/mol. The SMILES string of the molecule is CCSCCNC(=O)c1cccc(OS(=O)(=O)C(F)(F)F)c1C(=O)O. The molecule has 0 aliphatic heterocycles. The summed E-state index contributed by atoms with van der Waals surface area (Å²) >= 11 is 1.51. The molecule has 0 saturated carbocycles. The van der Waals surface area contributed by atoms with Gasteiger partial charge in [0.15, 0.2) is 5.75 Å². The molecule has 0 unspecified atom stereocenters. The van der Waals surface area contributed by atoms with E-state index in [4.69, 9.17) is 5.11 Å². The average molecular weight is 401 g/mol. The summed E-state index contributed by atoms with van der Waals surface area (Å²) in [4.78, 5) is 23.4. The molecule has 0 spiro atoms. The molecule has 0 bridgehead atoms. The predicted molar refractivity (Wildman–Crippen MR) is 84.3 cm³/mol.